The molecule has 9 nitrogen and oxygen atoms in total. The second-order valence-corrected chi connectivity index (χ2v) is 11.1. The average Bonchev–Trinajstić information content (AvgIpc) is 3.26. The summed E-state index contributed by atoms with van der Waals surface area (Å²) in [5, 5.41) is 10.4. The lowest BCUT2D eigenvalue weighted by Gasteiger charge is -2.44. The van der Waals surface area contributed by atoms with Crippen molar-refractivity contribution in [3.05, 3.63) is 47.6 Å². The molecule has 1 aliphatic heterocycles. The Bertz CT molecular complexity index is 1670. The second-order valence-electron chi connectivity index (χ2n) is 10.1. The first-order chi connectivity index (χ1) is 18.5. The van der Waals surface area contributed by atoms with Crippen LogP contribution in [0.25, 0.3) is 32.9 Å². The van der Waals surface area contributed by atoms with E-state index in [9.17, 15) is 9.59 Å². The Kier molecular flexibility index (Phi) is 7.08. The molecule has 4 aromatic rings. The summed E-state index contributed by atoms with van der Waals surface area (Å²) in [6, 6.07) is 5.89. The van der Waals surface area contributed by atoms with Gasteiger partial charge in [0.15, 0.2) is 0 Å². The molecule has 0 radical (unpaired) electrons. The molecule has 0 aliphatic carbocycles. The normalized spacial score (nSPS) is 17.6. The molecule has 1 saturated heterocycles. The topological polar surface area (TPSA) is 96.2 Å². The number of hydrogen-bond acceptors (Lipinski definition) is 6. The maximum atomic E-state index is 12.4. The number of carbonyl (C=O) groups excluding carboxylic acids is 2. The Morgan fingerprint density at radius 1 is 1.18 bits per heavy atom. The second kappa shape index (κ2) is 10.2. The van der Waals surface area contributed by atoms with Crippen LogP contribution in [-0.2, 0) is 16.6 Å². The van der Waals surface area contributed by atoms with Crippen LogP contribution in [0.2, 0.25) is 5.02 Å². The lowest BCUT2D eigenvalue weighted by Crippen LogP contribution is -2.58. The number of amides is 2. The van der Waals surface area contributed by atoms with Crippen molar-refractivity contribution in [1.82, 2.24) is 24.6 Å². The first-order valence-electron chi connectivity index (χ1n) is 12.7. The molecular formula is C28H31ClN7O2P. The minimum atomic E-state index is -0.266. The third-order valence-corrected chi connectivity index (χ3v) is 8.18. The molecule has 1 fully saturated rings. The number of aryl methyl sites for hydroxylation is 2. The number of aromatic nitrogens is 4. The molecule has 0 spiro atoms. The van der Waals surface area contributed by atoms with Crippen LogP contribution in [0.5, 0.6) is 0 Å². The van der Waals surface area contributed by atoms with Crippen molar-refractivity contribution in [3.63, 3.8) is 0 Å². The van der Waals surface area contributed by atoms with Crippen LogP contribution < -0.4 is 15.5 Å². The first-order valence-corrected chi connectivity index (χ1v) is 13.7. The summed E-state index contributed by atoms with van der Waals surface area (Å²) in [4.78, 5) is 38.0. The molecule has 5 rings (SSSR count). The van der Waals surface area contributed by atoms with E-state index in [4.69, 9.17) is 21.6 Å². The van der Waals surface area contributed by atoms with E-state index >= 15 is 0 Å². The number of nitrogens with one attached hydrogen (secondary N) is 1. The predicted molar refractivity (Wildman–Crippen MR) is 161 cm³/mol. The summed E-state index contributed by atoms with van der Waals surface area (Å²) >= 11 is 7.07. The molecule has 0 saturated carbocycles. The number of carbonyl (C=O) groups is 2. The molecule has 202 valence electrons. The smallest absolute Gasteiger partial charge is 0.246 e. The summed E-state index contributed by atoms with van der Waals surface area (Å²) in [6.07, 6.45) is 3.19. The quantitative estimate of drug-likeness (QED) is 0.295. The number of halogens is 1. The summed E-state index contributed by atoms with van der Waals surface area (Å²) in [5.74, 6) is 0.501. The standard InChI is InChI=1S/C28H31ClN7O2P/c1-7-21(38)35-12-16(4)36(13-15(35)3)27-19-10-20(29)23(26(39)24(19)32-28(33-27)31-17(5)37)22-14(2)8-9-18-11-30-34(6)25(18)22/h7-11,15-16H,1,12-13,39H2,2-6H3,(H,31,32,33,37)/t15-,16+/m1/s1. The summed E-state index contributed by atoms with van der Waals surface area (Å²) < 4.78 is 1.85. The van der Waals surface area contributed by atoms with Crippen molar-refractivity contribution in [2.75, 3.05) is 23.3 Å². The van der Waals surface area contributed by atoms with Crippen molar-refractivity contribution in [3.8, 4) is 11.1 Å². The van der Waals surface area contributed by atoms with Crippen LogP contribution in [0.3, 0.4) is 0 Å². The number of benzene rings is 2. The highest BCUT2D eigenvalue weighted by Gasteiger charge is 2.33. The summed E-state index contributed by atoms with van der Waals surface area (Å²) in [6.45, 7) is 12.2. The van der Waals surface area contributed by atoms with Crippen molar-refractivity contribution < 1.29 is 9.59 Å². The molecule has 11 heteroatoms. The number of nitrogens with zero attached hydrogens (tertiary/aromatic N) is 6. The monoisotopic (exact) mass is 563 g/mol. The van der Waals surface area contributed by atoms with E-state index in [1.807, 2.05) is 55.7 Å². The van der Waals surface area contributed by atoms with Gasteiger partial charge in [-0.25, -0.2) is 4.98 Å². The Hall–Kier alpha value is -3.55. The molecule has 2 aromatic carbocycles. The maximum absolute atomic E-state index is 12.4. The zero-order valence-electron chi connectivity index (χ0n) is 22.6. The van der Waals surface area contributed by atoms with Gasteiger partial charge in [0.2, 0.25) is 17.8 Å². The van der Waals surface area contributed by atoms with E-state index in [1.165, 1.54) is 13.0 Å². The van der Waals surface area contributed by atoms with Crippen LogP contribution in [0.4, 0.5) is 11.8 Å². The minimum Gasteiger partial charge on any atom is -0.349 e. The van der Waals surface area contributed by atoms with Crippen molar-refractivity contribution in [2.45, 2.75) is 39.8 Å². The molecule has 39 heavy (non-hydrogen) atoms. The van der Waals surface area contributed by atoms with Gasteiger partial charge in [0.1, 0.15) is 5.82 Å². The Labute approximate surface area is 234 Å². The van der Waals surface area contributed by atoms with Crippen molar-refractivity contribution >= 4 is 71.5 Å². The third-order valence-electron chi connectivity index (χ3n) is 7.32. The molecule has 3 heterocycles. The Morgan fingerprint density at radius 2 is 1.92 bits per heavy atom. The fraction of sp³-hybridized carbons (Fsp3) is 0.321. The highest BCUT2D eigenvalue weighted by Crippen LogP contribution is 2.40. The maximum Gasteiger partial charge on any atom is 0.246 e. The minimum absolute atomic E-state index is 0.0507. The lowest BCUT2D eigenvalue weighted by molar-refractivity contribution is -0.128. The van der Waals surface area contributed by atoms with Crippen LogP contribution in [-0.4, -0.2) is 61.6 Å². The van der Waals surface area contributed by atoms with Crippen LogP contribution >= 0.6 is 20.8 Å². The zero-order valence-corrected chi connectivity index (χ0v) is 24.5. The molecule has 2 aromatic heterocycles. The van der Waals surface area contributed by atoms with E-state index in [1.54, 1.807) is 0 Å². The van der Waals surface area contributed by atoms with Gasteiger partial charge in [-0.1, -0.05) is 30.3 Å². The van der Waals surface area contributed by atoms with Crippen molar-refractivity contribution in [2.24, 2.45) is 7.05 Å². The Balaban J connectivity index is 1.75. The van der Waals surface area contributed by atoms with E-state index in [-0.39, 0.29) is 29.8 Å². The van der Waals surface area contributed by atoms with Crippen LogP contribution in [0.1, 0.15) is 26.3 Å². The number of anilines is 2. The molecular weight excluding hydrogens is 533 g/mol. The molecule has 2 amide bonds. The molecule has 3 atom stereocenters. The predicted octanol–water partition coefficient (Wildman–Crippen LogP) is 4.22. The number of rotatable bonds is 4. The van der Waals surface area contributed by atoms with Gasteiger partial charge in [-0.05, 0) is 38.5 Å². The van der Waals surface area contributed by atoms with E-state index in [0.717, 1.165) is 38.3 Å². The van der Waals surface area contributed by atoms with Gasteiger partial charge in [-0.2, -0.15) is 10.1 Å². The average molecular weight is 564 g/mol. The van der Waals surface area contributed by atoms with Gasteiger partial charge >= 0.3 is 0 Å². The highest BCUT2D eigenvalue weighted by atomic mass is 35.5. The summed E-state index contributed by atoms with van der Waals surface area (Å²) in [5.41, 5.74) is 4.50. The number of fused-ring (bicyclic) bond motifs is 2. The largest absolute Gasteiger partial charge is 0.349 e. The Morgan fingerprint density at radius 3 is 2.62 bits per heavy atom. The van der Waals surface area contributed by atoms with Crippen LogP contribution in [0, 0.1) is 6.92 Å². The molecule has 0 bridgehead atoms. The first kappa shape index (κ1) is 27.0. The van der Waals surface area contributed by atoms with Crippen molar-refractivity contribution in [1.29, 1.82) is 0 Å². The third kappa shape index (κ3) is 4.64. The van der Waals surface area contributed by atoms with Gasteiger partial charge in [-0.3, -0.25) is 19.6 Å². The molecule has 1 N–H and O–H groups in total. The van der Waals surface area contributed by atoms with Gasteiger partial charge in [0, 0.05) is 71.4 Å². The SMILES string of the molecule is C=CC(=O)N1C[C@H](C)N(c2nc(NC(C)=O)nc3c(P)c(-c4c(C)ccc5cnn(C)c45)c(Cl)cc23)C[C@H]1C. The highest BCUT2D eigenvalue weighted by molar-refractivity contribution is 7.29. The fourth-order valence-electron chi connectivity index (χ4n) is 5.46. The van der Waals surface area contributed by atoms with Crippen LogP contribution in [0.15, 0.2) is 37.1 Å². The number of piperazine rings is 1. The van der Waals surface area contributed by atoms with Gasteiger partial charge in [0.05, 0.1) is 17.2 Å². The van der Waals surface area contributed by atoms with Gasteiger partial charge in [-0.15, -0.1) is 9.24 Å². The molecule has 1 aliphatic rings. The lowest BCUT2D eigenvalue weighted by atomic mass is 9.96. The van der Waals surface area contributed by atoms with Gasteiger partial charge < -0.3 is 9.80 Å². The molecule has 1 unspecified atom stereocenters. The van der Waals surface area contributed by atoms with Gasteiger partial charge in [0.25, 0.3) is 0 Å². The van der Waals surface area contributed by atoms with E-state index in [2.05, 4.69) is 37.2 Å². The zero-order chi connectivity index (χ0) is 28.2. The number of hydrogen-bond donors (Lipinski definition) is 1. The fourth-order valence-corrected chi connectivity index (χ4v) is 6.37. The summed E-state index contributed by atoms with van der Waals surface area (Å²) in [7, 11) is 4.73. The van der Waals surface area contributed by atoms with E-state index in [0.29, 0.717) is 29.4 Å². The van der Waals surface area contributed by atoms with E-state index < -0.39 is 0 Å².